The first-order valence-corrected chi connectivity index (χ1v) is 14.9. The Balaban J connectivity index is 1.57. The third kappa shape index (κ3) is 6.86. The number of Topliss-reactive ketones (excluding diaryl/α,β-unsaturated/α-hetero) is 3. The van der Waals surface area contributed by atoms with E-state index in [1.807, 2.05) is 57.2 Å². The number of rotatable bonds is 11. The molecule has 3 nitrogen and oxygen atoms in total. The quantitative estimate of drug-likeness (QED) is 0.218. The fourth-order valence-electron chi connectivity index (χ4n) is 7.11. The minimum Gasteiger partial charge on any atom is -0.299 e. The third-order valence-electron chi connectivity index (χ3n) is 9.72. The average Bonchev–Trinajstić information content (AvgIpc) is 3.25. The van der Waals surface area contributed by atoms with Crippen molar-refractivity contribution >= 4 is 17.3 Å². The second-order valence-electron chi connectivity index (χ2n) is 12.9. The topological polar surface area (TPSA) is 51.2 Å². The lowest BCUT2D eigenvalue weighted by Gasteiger charge is -2.33. The number of carbonyl (C=O) groups is 3. The highest BCUT2D eigenvalue weighted by Crippen LogP contribution is 2.49. The first-order valence-electron chi connectivity index (χ1n) is 14.9. The second-order valence-corrected chi connectivity index (χ2v) is 12.9. The average molecular weight is 527 g/mol. The molecular weight excluding hydrogens is 480 g/mol. The van der Waals surface area contributed by atoms with Gasteiger partial charge in [0, 0.05) is 36.2 Å². The Bertz CT molecular complexity index is 1210. The summed E-state index contributed by atoms with van der Waals surface area (Å²) in [4.78, 5) is 41.5. The molecule has 0 aromatic heterocycles. The summed E-state index contributed by atoms with van der Waals surface area (Å²) >= 11 is 0. The lowest BCUT2D eigenvalue weighted by Crippen LogP contribution is -2.38. The Kier molecular flexibility index (Phi) is 9.41. The zero-order chi connectivity index (χ0) is 28.2. The van der Waals surface area contributed by atoms with Crippen LogP contribution in [0.4, 0.5) is 0 Å². The van der Waals surface area contributed by atoms with Crippen LogP contribution in [0.2, 0.25) is 0 Å². The van der Waals surface area contributed by atoms with Crippen molar-refractivity contribution < 1.29 is 14.4 Å². The van der Waals surface area contributed by atoms with Gasteiger partial charge in [-0.05, 0) is 86.3 Å². The van der Waals surface area contributed by atoms with E-state index in [4.69, 9.17) is 0 Å². The van der Waals surface area contributed by atoms with Gasteiger partial charge in [-0.25, -0.2) is 0 Å². The zero-order valence-electron chi connectivity index (χ0n) is 24.5. The second kappa shape index (κ2) is 12.6. The smallest absolute Gasteiger partial charge is 0.163 e. The molecule has 0 aliphatic heterocycles. The molecule has 2 aromatic rings. The van der Waals surface area contributed by atoms with E-state index < -0.39 is 0 Å². The normalized spacial score (nSPS) is 23.8. The van der Waals surface area contributed by atoms with Gasteiger partial charge in [0.2, 0.25) is 0 Å². The highest BCUT2D eigenvalue weighted by Gasteiger charge is 2.50. The summed E-state index contributed by atoms with van der Waals surface area (Å²) in [6.07, 6.45) is 10.9. The van der Waals surface area contributed by atoms with Crippen molar-refractivity contribution in [2.75, 3.05) is 0 Å². The Morgan fingerprint density at radius 2 is 1.72 bits per heavy atom. The van der Waals surface area contributed by atoms with E-state index in [9.17, 15) is 14.4 Å². The van der Waals surface area contributed by atoms with Gasteiger partial charge in [-0.2, -0.15) is 0 Å². The molecule has 2 aliphatic rings. The summed E-state index contributed by atoms with van der Waals surface area (Å²) in [6.45, 7) is 10.4. The number of benzene rings is 2. The van der Waals surface area contributed by atoms with Crippen LogP contribution >= 0.6 is 0 Å². The van der Waals surface area contributed by atoms with Crippen LogP contribution in [0.3, 0.4) is 0 Å². The maximum absolute atomic E-state index is 14.2. The fourth-order valence-corrected chi connectivity index (χ4v) is 7.11. The van der Waals surface area contributed by atoms with Crippen LogP contribution in [0.1, 0.15) is 92.8 Å². The predicted octanol–water partition coefficient (Wildman–Crippen LogP) is 8.31. The molecule has 0 spiro atoms. The predicted molar refractivity (Wildman–Crippen MR) is 159 cm³/mol. The molecule has 39 heavy (non-hydrogen) atoms. The van der Waals surface area contributed by atoms with E-state index in [1.54, 1.807) is 0 Å². The molecule has 2 aliphatic carbocycles. The standard InChI is InChI=1S/C36H46O3/c1-24-13-12-18-30(25(24)2)32(37)23-29(21-27-14-8-6-9-15-27)26(3)35(39)31-19-20-36(4,5)34(31)33(38)22-28-16-10-7-11-17-28/h6,8-10,12-16,18,26,28-29,31,34H,7,11,17,19-23H2,1-5H3. The van der Waals surface area contributed by atoms with Crippen molar-refractivity contribution in [1.29, 1.82) is 0 Å². The van der Waals surface area contributed by atoms with Crippen molar-refractivity contribution in [2.24, 2.45) is 35.0 Å². The van der Waals surface area contributed by atoms with Gasteiger partial charge in [0.15, 0.2) is 5.78 Å². The molecule has 2 aromatic carbocycles. The van der Waals surface area contributed by atoms with E-state index >= 15 is 0 Å². The number of hydrogen-bond donors (Lipinski definition) is 0. The van der Waals surface area contributed by atoms with Gasteiger partial charge in [-0.15, -0.1) is 0 Å². The lowest BCUT2D eigenvalue weighted by atomic mass is 9.69. The Morgan fingerprint density at radius 3 is 2.41 bits per heavy atom. The highest BCUT2D eigenvalue weighted by molar-refractivity contribution is 5.98. The van der Waals surface area contributed by atoms with Gasteiger partial charge >= 0.3 is 0 Å². The molecule has 0 saturated heterocycles. The Labute approximate surface area is 235 Å². The monoisotopic (exact) mass is 526 g/mol. The van der Waals surface area contributed by atoms with Crippen molar-refractivity contribution in [3.8, 4) is 0 Å². The van der Waals surface area contributed by atoms with E-state index in [-0.39, 0.29) is 46.4 Å². The molecule has 0 amide bonds. The molecule has 1 fully saturated rings. The first-order chi connectivity index (χ1) is 18.6. The highest BCUT2D eigenvalue weighted by atomic mass is 16.1. The molecule has 0 heterocycles. The van der Waals surface area contributed by atoms with Gasteiger partial charge < -0.3 is 0 Å². The molecule has 0 N–H and O–H groups in total. The number of carbonyl (C=O) groups excluding carboxylic acids is 3. The maximum Gasteiger partial charge on any atom is 0.163 e. The van der Waals surface area contributed by atoms with E-state index in [0.717, 1.165) is 54.4 Å². The molecule has 0 radical (unpaired) electrons. The molecule has 1 saturated carbocycles. The first kappa shape index (κ1) is 29.2. The number of hydrogen-bond acceptors (Lipinski definition) is 3. The Morgan fingerprint density at radius 1 is 0.974 bits per heavy atom. The maximum atomic E-state index is 14.2. The van der Waals surface area contributed by atoms with E-state index in [2.05, 4.69) is 38.1 Å². The van der Waals surface area contributed by atoms with E-state index in [0.29, 0.717) is 25.2 Å². The van der Waals surface area contributed by atoms with Crippen LogP contribution in [0.15, 0.2) is 60.7 Å². The van der Waals surface area contributed by atoms with Crippen LogP contribution in [-0.2, 0) is 16.0 Å². The SMILES string of the molecule is Cc1cccc(C(=O)CC(Cc2ccccc2)C(C)C(=O)C2CCC(C)(C)C2C(=O)CC2C=CCCC2)c1C. The minimum atomic E-state index is -0.303. The molecule has 0 bridgehead atoms. The summed E-state index contributed by atoms with van der Waals surface area (Å²) < 4.78 is 0. The van der Waals surface area contributed by atoms with Crippen molar-refractivity contribution in [2.45, 2.75) is 86.0 Å². The lowest BCUT2D eigenvalue weighted by molar-refractivity contribution is -0.137. The van der Waals surface area contributed by atoms with Crippen LogP contribution < -0.4 is 0 Å². The van der Waals surface area contributed by atoms with Gasteiger partial charge in [0.05, 0.1) is 0 Å². The van der Waals surface area contributed by atoms with Crippen molar-refractivity contribution in [3.05, 3.63) is 82.9 Å². The summed E-state index contributed by atoms with van der Waals surface area (Å²) in [7, 11) is 0. The van der Waals surface area contributed by atoms with Gasteiger partial charge in [0.25, 0.3) is 0 Å². The molecule has 3 heteroatoms. The number of aryl methyl sites for hydroxylation is 1. The minimum absolute atomic E-state index is 0.0974. The van der Waals surface area contributed by atoms with Crippen LogP contribution in [0.25, 0.3) is 0 Å². The van der Waals surface area contributed by atoms with Crippen LogP contribution in [0.5, 0.6) is 0 Å². The van der Waals surface area contributed by atoms with Crippen molar-refractivity contribution in [3.63, 3.8) is 0 Å². The summed E-state index contributed by atoms with van der Waals surface area (Å²) in [5, 5.41) is 0. The summed E-state index contributed by atoms with van der Waals surface area (Å²) in [6, 6.07) is 16.1. The third-order valence-corrected chi connectivity index (χ3v) is 9.72. The van der Waals surface area contributed by atoms with Gasteiger partial charge in [-0.1, -0.05) is 81.5 Å². The molecule has 208 valence electrons. The largest absolute Gasteiger partial charge is 0.299 e. The Hall–Kier alpha value is -2.81. The zero-order valence-corrected chi connectivity index (χ0v) is 24.5. The summed E-state index contributed by atoms with van der Waals surface area (Å²) in [5.41, 5.74) is 3.83. The van der Waals surface area contributed by atoms with Crippen LogP contribution in [-0.4, -0.2) is 17.3 Å². The molecule has 5 atom stereocenters. The molecule has 5 unspecified atom stereocenters. The summed E-state index contributed by atoms with van der Waals surface area (Å²) in [5.74, 6) is -0.0920. The molecular formula is C36H46O3. The number of allylic oxidation sites excluding steroid dienone is 2. The fraction of sp³-hybridized carbons (Fsp3) is 0.528. The van der Waals surface area contributed by atoms with E-state index in [1.165, 1.54) is 0 Å². The van der Waals surface area contributed by atoms with Gasteiger partial charge in [0.1, 0.15) is 11.6 Å². The van der Waals surface area contributed by atoms with Crippen molar-refractivity contribution in [1.82, 2.24) is 0 Å². The van der Waals surface area contributed by atoms with Crippen LogP contribution in [0, 0.1) is 48.9 Å². The molecule has 4 rings (SSSR count). The number of ketones is 3. The van der Waals surface area contributed by atoms with Gasteiger partial charge in [-0.3, -0.25) is 14.4 Å².